The lowest BCUT2D eigenvalue weighted by Gasteiger charge is -2.24. The number of hydrogen-bond acceptors (Lipinski definition) is 3. The molecule has 0 saturated heterocycles. The van der Waals surface area contributed by atoms with Crippen molar-refractivity contribution in [3.8, 4) is 6.07 Å². The van der Waals surface area contributed by atoms with E-state index in [1.165, 1.54) is 12.1 Å². The minimum Gasteiger partial charge on any atom is -0.337 e. The first-order valence-electron chi connectivity index (χ1n) is 7.27. The summed E-state index contributed by atoms with van der Waals surface area (Å²) in [5, 5.41) is 15.2. The van der Waals surface area contributed by atoms with E-state index in [1.54, 1.807) is 19.9 Å². The largest absolute Gasteiger partial charge is 0.337 e. The van der Waals surface area contributed by atoms with E-state index in [0.717, 1.165) is 12.8 Å². The summed E-state index contributed by atoms with van der Waals surface area (Å²) in [6, 6.07) is 6.24. The van der Waals surface area contributed by atoms with Crippen LogP contribution in [0.1, 0.15) is 38.3 Å². The second-order valence-electron chi connectivity index (χ2n) is 5.87. The summed E-state index contributed by atoms with van der Waals surface area (Å²) in [4.78, 5) is 12.0. The van der Waals surface area contributed by atoms with Crippen LogP contribution in [0.4, 0.5) is 4.39 Å². The summed E-state index contributed by atoms with van der Waals surface area (Å²) in [7, 11) is 0. The summed E-state index contributed by atoms with van der Waals surface area (Å²) < 4.78 is 13.8. The zero-order chi connectivity index (χ0) is 16.3. The van der Waals surface area contributed by atoms with E-state index < -0.39 is 17.4 Å². The van der Waals surface area contributed by atoms with Crippen LogP contribution >= 0.6 is 11.6 Å². The number of amides is 1. The minimum absolute atomic E-state index is 0.00415. The van der Waals surface area contributed by atoms with Gasteiger partial charge in [0.1, 0.15) is 11.4 Å². The van der Waals surface area contributed by atoms with Crippen LogP contribution in [0.25, 0.3) is 0 Å². The average Bonchev–Trinajstić information content (AvgIpc) is 3.30. The zero-order valence-electron chi connectivity index (χ0n) is 12.6. The number of nitriles is 1. The Hall–Kier alpha value is -1.64. The smallest absolute Gasteiger partial charge is 0.235 e. The molecule has 1 fully saturated rings. The number of rotatable bonds is 6. The Morgan fingerprint density at radius 3 is 2.82 bits per heavy atom. The van der Waals surface area contributed by atoms with Crippen molar-refractivity contribution >= 4 is 17.5 Å². The van der Waals surface area contributed by atoms with Crippen LogP contribution in [-0.4, -0.2) is 18.0 Å². The van der Waals surface area contributed by atoms with Gasteiger partial charge in [-0.3, -0.25) is 4.79 Å². The fraction of sp³-hybridized carbons (Fsp3) is 0.500. The fourth-order valence-electron chi connectivity index (χ4n) is 2.49. The second kappa shape index (κ2) is 6.64. The molecule has 0 unspecified atom stereocenters. The SMILES string of the molecule is C[C@@H](NCC(=O)N[C@@](C)(C#N)C1CC1)c1c(F)cccc1Cl. The van der Waals surface area contributed by atoms with E-state index >= 15 is 0 Å². The first kappa shape index (κ1) is 16.7. The van der Waals surface area contributed by atoms with Crippen LogP contribution in [0.5, 0.6) is 0 Å². The van der Waals surface area contributed by atoms with Gasteiger partial charge in [0, 0.05) is 16.6 Å². The molecule has 4 nitrogen and oxygen atoms in total. The maximum atomic E-state index is 13.8. The molecule has 118 valence electrons. The fourth-order valence-corrected chi connectivity index (χ4v) is 2.81. The van der Waals surface area contributed by atoms with E-state index in [1.807, 2.05) is 0 Å². The highest BCUT2D eigenvalue weighted by atomic mass is 35.5. The van der Waals surface area contributed by atoms with Gasteiger partial charge in [-0.05, 0) is 44.7 Å². The Balaban J connectivity index is 1.92. The average molecular weight is 324 g/mol. The van der Waals surface area contributed by atoms with Crippen LogP contribution in [-0.2, 0) is 4.79 Å². The quantitative estimate of drug-likeness (QED) is 0.846. The number of carbonyl (C=O) groups is 1. The molecule has 0 spiro atoms. The molecule has 1 amide bonds. The molecule has 0 heterocycles. The molecule has 1 aliphatic rings. The van der Waals surface area contributed by atoms with E-state index in [2.05, 4.69) is 16.7 Å². The van der Waals surface area contributed by atoms with Gasteiger partial charge in [0.2, 0.25) is 5.91 Å². The number of hydrogen-bond donors (Lipinski definition) is 2. The van der Waals surface area contributed by atoms with Crippen molar-refractivity contribution in [3.05, 3.63) is 34.6 Å². The Bertz CT molecular complexity index is 592. The maximum absolute atomic E-state index is 13.8. The molecule has 0 aromatic heterocycles. The van der Waals surface area contributed by atoms with Crippen LogP contribution in [0.2, 0.25) is 5.02 Å². The number of halogens is 2. The van der Waals surface area contributed by atoms with Gasteiger partial charge >= 0.3 is 0 Å². The van der Waals surface area contributed by atoms with Crippen LogP contribution < -0.4 is 10.6 Å². The number of carbonyl (C=O) groups excluding carboxylic acids is 1. The zero-order valence-corrected chi connectivity index (χ0v) is 13.4. The Morgan fingerprint density at radius 2 is 2.27 bits per heavy atom. The van der Waals surface area contributed by atoms with Gasteiger partial charge in [0.05, 0.1) is 12.6 Å². The molecule has 0 bridgehead atoms. The van der Waals surface area contributed by atoms with Crippen molar-refractivity contribution in [2.75, 3.05) is 6.54 Å². The van der Waals surface area contributed by atoms with Crippen LogP contribution in [0.15, 0.2) is 18.2 Å². The Morgan fingerprint density at radius 1 is 1.59 bits per heavy atom. The van der Waals surface area contributed by atoms with Crippen LogP contribution in [0.3, 0.4) is 0 Å². The lowest BCUT2D eigenvalue weighted by atomic mass is 9.98. The molecule has 1 aromatic rings. The molecule has 1 aromatic carbocycles. The molecular weight excluding hydrogens is 305 g/mol. The molecule has 1 saturated carbocycles. The van der Waals surface area contributed by atoms with E-state index in [9.17, 15) is 14.4 Å². The standard InChI is InChI=1S/C16H19ClFN3O/c1-10(15-12(17)4-3-5-13(15)18)20-8-14(22)21-16(2,9-19)11-6-7-11/h3-5,10-11,20H,6-8H2,1-2H3,(H,21,22)/t10-,16+/m1/s1. The predicted molar refractivity (Wildman–Crippen MR) is 82.7 cm³/mol. The summed E-state index contributed by atoms with van der Waals surface area (Å²) >= 11 is 5.99. The van der Waals surface area contributed by atoms with Crippen LogP contribution in [0, 0.1) is 23.1 Å². The summed E-state index contributed by atoms with van der Waals surface area (Å²) in [6.45, 7) is 3.47. The Kier molecular flexibility index (Phi) is 5.05. The first-order valence-corrected chi connectivity index (χ1v) is 7.64. The van der Waals surface area contributed by atoms with E-state index in [-0.39, 0.29) is 18.4 Å². The highest BCUT2D eigenvalue weighted by Crippen LogP contribution is 2.39. The van der Waals surface area contributed by atoms with E-state index in [0.29, 0.717) is 10.6 Å². The van der Waals surface area contributed by atoms with Crippen molar-refractivity contribution in [2.24, 2.45) is 5.92 Å². The third kappa shape index (κ3) is 3.76. The molecule has 2 rings (SSSR count). The van der Waals surface area contributed by atoms with Gasteiger partial charge in [-0.1, -0.05) is 17.7 Å². The molecule has 22 heavy (non-hydrogen) atoms. The predicted octanol–water partition coefficient (Wildman–Crippen LogP) is 2.94. The lowest BCUT2D eigenvalue weighted by Crippen LogP contribution is -2.49. The number of nitrogens with zero attached hydrogens (tertiary/aromatic N) is 1. The Labute approximate surface area is 134 Å². The molecular formula is C16H19ClFN3O. The molecule has 2 atom stereocenters. The third-order valence-corrected chi connectivity index (χ3v) is 4.36. The molecule has 2 N–H and O–H groups in total. The van der Waals surface area contributed by atoms with Gasteiger partial charge in [-0.15, -0.1) is 0 Å². The highest BCUT2D eigenvalue weighted by molar-refractivity contribution is 6.31. The van der Waals surface area contributed by atoms with E-state index in [4.69, 9.17) is 11.6 Å². The third-order valence-electron chi connectivity index (χ3n) is 4.03. The van der Waals surface area contributed by atoms with Gasteiger partial charge < -0.3 is 10.6 Å². The summed E-state index contributed by atoms with van der Waals surface area (Å²) in [5.74, 6) is -0.470. The molecule has 6 heteroatoms. The summed E-state index contributed by atoms with van der Waals surface area (Å²) in [6.07, 6.45) is 1.91. The van der Waals surface area contributed by atoms with Crippen molar-refractivity contribution in [3.63, 3.8) is 0 Å². The monoisotopic (exact) mass is 323 g/mol. The second-order valence-corrected chi connectivity index (χ2v) is 6.28. The van der Waals surface area contributed by atoms with Gasteiger partial charge in [-0.25, -0.2) is 4.39 Å². The minimum atomic E-state index is -0.822. The van der Waals surface area contributed by atoms with Crippen molar-refractivity contribution in [1.82, 2.24) is 10.6 Å². The lowest BCUT2D eigenvalue weighted by molar-refractivity contribution is -0.121. The molecule has 1 aliphatic carbocycles. The first-order chi connectivity index (χ1) is 10.4. The highest BCUT2D eigenvalue weighted by Gasteiger charge is 2.42. The number of benzene rings is 1. The van der Waals surface area contributed by atoms with Crippen molar-refractivity contribution < 1.29 is 9.18 Å². The summed E-state index contributed by atoms with van der Waals surface area (Å²) in [5.41, 5.74) is -0.486. The van der Waals surface area contributed by atoms with Crippen molar-refractivity contribution in [2.45, 2.75) is 38.3 Å². The normalized spacial score (nSPS) is 18.1. The van der Waals surface area contributed by atoms with Gasteiger partial charge in [-0.2, -0.15) is 5.26 Å². The molecule has 0 aliphatic heterocycles. The topological polar surface area (TPSA) is 64.9 Å². The molecule has 0 radical (unpaired) electrons. The maximum Gasteiger partial charge on any atom is 0.235 e. The van der Waals surface area contributed by atoms with Gasteiger partial charge in [0.15, 0.2) is 0 Å². The van der Waals surface area contributed by atoms with Gasteiger partial charge in [0.25, 0.3) is 0 Å². The number of nitrogens with one attached hydrogen (secondary N) is 2. The van der Waals surface area contributed by atoms with Crippen molar-refractivity contribution in [1.29, 1.82) is 5.26 Å².